The Hall–Kier alpha value is -2.84. The first-order valence-electron chi connectivity index (χ1n) is 8.48. The summed E-state index contributed by atoms with van der Waals surface area (Å²) in [5.41, 5.74) is 2.36. The Morgan fingerprint density at radius 3 is 1.89 bits per heavy atom. The van der Waals surface area contributed by atoms with E-state index >= 15 is 0 Å². The first-order valence-corrected chi connectivity index (χ1v) is 8.48. The lowest BCUT2D eigenvalue weighted by Gasteiger charge is -2.34. The van der Waals surface area contributed by atoms with Gasteiger partial charge in [0.2, 0.25) is 0 Å². The second kappa shape index (κ2) is 10.3. The van der Waals surface area contributed by atoms with Crippen LogP contribution in [0.2, 0.25) is 0 Å². The van der Waals surface area contributed by atoms with Gasteiger partial charge in [-0.1, -0.05) is 12.1 Å². The maximum absolute atomic E-state index is 13.2. The molecule has 1 fully saturated rings. The maximum Gasteiger partial charge on any atom is 0.414 e. The number of rotatable bonds is 4. The number of halogens is 1. The first-order chi connectivity index (χ1) is 12.9. The third-order valence-electron chi connectivity index (χ3n) is 4.10. The zero-order valence-electron chi connectivity index (χ0n) is 14.8. The minimum absolute atomic E-state index is 0.149. The molecule has 1 aromatic carbocycles. The minimum atomic E-state index is -1.82. The molecular formula is C19H22FN3O4. The first kappa shape index (κ1) is 20.5. The Bertz CT molecular complexity index is 738. The zero-order chi connectivity index (χ0) is 19.6. The van der Waals surface area contributed by atoms with Crippen molar-refractivity contribution in [3.63, 3.8) is 0 Å². The van der Waals surface area contributed by atoms with Crippen LogP contribution in [0.4, 0.5) is 4.39 Å². The van der Waals surface area contributed by atoms with Gasteiger partial charge in [0.1, 0.15) is 5.82 Å². The summed E-state index contributed by atoms with van der Waals surface area (Å²) in [6, 6.07) is 11.0. The van der Waals surface area contributed by atoms with Crippen molar-refractivity contribution in [2.75, 3.05) is 26.2 Å². The predicted octanol–water partition coefficient (Wildman–Crippen LogP) is 1.69. The topological polar surface area (TPSA) is 94.0 Å². The number of hydrogen-bond donors (Lipinski definition) is 2. The molecule has 8 heteroatoms. The SMILES string of the molecule is Fc1cccc(CN2CCN(Cc3ccncc3)CC2)c1.O=C(O)C(=O)O. The van der Waals surface area contributed by atoms with Crippen LogP contribution in [-0.4, -0.2) is 63.1 Å². The van der Waals surface area contributed by atoms with Crippen molar-refractivity contribution in [2.45, 2.75) is 13.1 Å². The monoisotopic (exact) mass is 375 g/mol. The van der Waals surface area contributed by atoms with Crippen molar-refractivity contribution in [1.82, 2.24) is 14.8 Å². The number of aromatic nitrogens is 1. The second-order valence-corrected chi connectivity index (χ2v) is 6.15. The highest BCUT2D eigenvalue weighted by atomic mass is 19.1. The van der Waals surface area contributed by atoms with E-state index < -0.39 is 11.9 Å². The van der Waals surface area contributed by atoms with E-state index in [1.807, 2.05) is 18.5 Å². The van der Waals surface area contributed by atoms with Crippen LogP contribution in [0, 0.1) is 5.82 Å². The fourth-order valence-corrected chi connectivity index (χ4v) is 2.75. The number of aliphatic carboxylic acids is 2. The molecule has 2 aromatic rings. The van der Waals surface area contributed by atoms with Gasteiger partial charge in [-0.25, -0.2) is 14.0 Å². The number of benzene rings is 1. The summed E-state index contributed by atoms with van der Waals surface area (Å²) in [5, 5.41) is 14.8. The molecule has 1 aliphatic heterocycles. The molecule has 144 valence electrons. The van der Waals surface area contributed by atoms with E-state index in [9.17, 15) is 4.39 Å². The summed E-state index contributed by atoms with van der Waals surface area (Å²) in [6.45, 7) is 5.98. The predicted molar refractivity (Wildman–Crippen MR) is 96.5 cm³/mol. The van der Waals surface area contributed by atoms with Gasteiger partial charge in [0, 0.05) is 51.7 Å². The van der Waals surface area contributed by atoms with Gasteiger partial charge in [-0.15, -0.1) is 0 Å². The largest absolute Gasteiger partial charge is 0.473 e. The van der Waals surface area contributed by atoms with Gasteiger partial charge in [0.25, 0.3) is 0 Å². The van der Waals surface area contributed by atoms with Crippen LogP contribution in [0.1, 0.15) is 11.1 Å². The summed E-state index contributed by atoms with van der Waals surface area (Å²) in [5.74, 6) is -3.80. The summed E-state index contributed by atoms with van der Waals surface area (Å²) in [4.78, 5) is 27.1. The Morgan fingerprint density at radius 1 is 0.889 bits per heavy atom. The van der Waals surface area contributed by atoms with Crippen molar-refractivity contribution in [3.8, 4) is 0 Å². The van der Waals surface area contributed by atoms with E-state index in [1.54, 1.807) is 12.1 Å². The van der Waals surface area contributed by atoms with Crippen molar-refractivity contribution in [3.05, 3.63) is 65.7 Å². The van der Waals surface area contributed by atoms with Gasteiger partial charge in [-0.3, -0.25) is 14.8 Å². The van der Waals surface area contributed by atoms with E-state index in [1.165, 1.54) is 11.6 Å². The Kier molecular flexibility index (Phi) is 7.84. The number of carbonyl (C=O) groups is 2. The molecule has 0 radical (unpaired) electrons. The third-order valence-corrected chi connectivity index (χ3v) is 4.10. The summed E-state index contributed by atoms with van der Waals surface area (Å²) >= 11 is 0. The standard InChI is InChI=1S/C17H20FN3.C2H2O4/c18-17-3-1-2-16(12-17)14-21-10-8-20(9-11-21)13-15-4-6-19-7-5-15;3-1(4)2(5)6/h1-7,12H,8-11,13-14H2;(H,3,4)(H,5,6). The lowest BCUT2D eigenvalue weighted by atomic mass is 10.2. The van der Waals surface area contributed by atoms with Crippen molar-refractivity contribution < 1.29 is 24.2 Å². The van der Waals surface area contributed by atoms with Gasteiger partial charge in [-0.05, 0) is 35.4 Å². The highest BCUT2D eigenvalue weighted by Gasteiger charge is 2.17. The van der Waals surface area contributed by atoms with Gasteiger partial charge in [0.05, 0.1) is 0 Å². The molecule has 3 rings (SSSR count). The molecule has 1 aromatic heterocycles. The average molecular weight is 375 g/mol. The molecule has 0 unspecified atom stereocenters. The fourth-order valence-electron chi connectivity index (χ4n) is 2.75. The molecule has 0 amide bonds. The van der Waals surface area contributed by atoms with Crippen LogP contribution in [0.25, 0.3) is 0 Å². The zero-order valence-corrected chi connectivity index (χ0v) is 14.8. The average Bonchev–Trinajstić information content (AvgIpc) is 2.65. The molecule has 1 aliphatic rings. The molecular weight excluding hydrogens is 353 g/mol. The van der Waals surface area contributed by atoms with E-state index in [4.69, 9.17) is 19.8 Å². The Morgan fingerprint density at radius 2 is 1.41 bits per heavy atom. The smallest absolute Gasteiger partial charge is 0.414 e. The lowest BCUT2D eigenvalue weighted by Crippen LogP contribution is -2.45. The fraction of sp³-hybridized carbons (Fsp3) is 0.316. The number of pyridine rings is 1. The molecule has 7 nitrogen and oxygen atoms in total. The van der Waals surface area contributed by atoms with Crippen molar-refractivity contribution in [2.24, 2.45) is 0 Å². The third kappa shape index (κ3) is 7.51. The molecule has 0 bridgehead atoms. The maximum atomic E-state index is 13.2. The molecule has 2 heterocycles. The second-order valence-electron chi connectivity index (χ2n) is 6.15. The highest BCUT2D eigenvalue weighted by molar-refractivity contribution is 6.27. The number of carboxylic acid groups (broad SMARTS) is 2. The van der Waals surface area contributed by atoms with Gasteiger partial charge < -0.3 is 10.2 Å². The van der Waals surface area contributed by atoms with Crippen molar-refractivity contribution >= 4 is 11.9 Å². The summed E-state index contributed by atoms with van der Waals surface area (Å²) in [7, 11) is 0. The minimum Gasteiger partial charge on any atom is -0.473 e. The molecule has 0 spiro atoms. The van der Waals surface area contributed by atoms with E-state index in [2.05, 4.69) is 26.9 Å². The Balaban J connectivity index is 0.000000380. The summed E-state index contributed by atoms with van der Waals surface area (Å²) in [6.07, 6.45) is 3.69. The van der Waals surface area contributed by atoms with E-state index in [-0.39, 0.29) is 5.82 Å². The van der Waals surface area contributed by atoms with Crippen LogP contribution < -0.4 is 0 Å². The number of carboxylic acids is 2. The summed E-state index contributed by atoms with van der Waals surface area (Å²) < 4.78 is 13.2. The van der Waals surface area contributed by atoms with Crippen LogP contribution in [0.15, 0.2) is 48.8 Å². The van der Waals surface area contributed by atoms with Gasteiger partial charge in [0.15, 0.2) is 0 Å². The molecule has 27 heavy (non-hydrogen) atoms. The quantitative estimate of drug-likeness (QED) is 0.786. The van der Waals surface area contributed by atoms with Crippen LogP contribution >= 0.6 is 0 Å². The van der Waals surface area contributed by atoms with Gasteiger partial charge in [-0.2, -0.15) is 0 Å². The van der Waals surface area contributed by atoms with E-state index in [0.29, 0.717) is 0 Å². The molecule has 0 atom stereocenters. The molecule has 0 aliphatic carbocycles. The Labute approximate surface area is 156 Å². The van der Waals surface area contributed by atoms with Crippen LogP contribution in [0.5, 0.6) is 0 Å². The molecule has 1 saturated heterocycles. The number of hydrogen-bond acceptors (Lipinski definition) is 5. The number of nitrogens with zero attached hydrogens (tertiary/aromatic N) is 3. The lowest BCUT2D eigenvalue weighted by molar-refractivity contribution is -0.159. The van der Waals surface area contributed by atoms with Crippen LogP contribution in [-0.2, 0) is 22.7 Å². The van der Waals surface area contributed by atoms with Gasteiger partial charge >= 0.3 is 11.9 Å². The molecule has 0 saturated carbocycles. The molecule has 2 N–H and O–H groups in total. The van der Waals surface area contributed by atoms with Crippen LogP contribution in [0.3, 0.4) is 0 Å². The van der Waals surface area contributed by atoms with E-state index in [0.717, 1.165) is 44.8 Å². The number of piperazine rings is 1. The van der Waals surface area contributed by atoms with Crippen molar-refractivity contribution in [1.29, 1.82) is 0 Å². The normalized spacial score (nSPS) is 14.9. The highest BCUT2D eigenvalue weighted by Crippen LogP contribution is 2.12.